The number of ether oxygens (including phenoxy) is 2. The second-order valence-corrected chi connectivity index (χ2v) is 5.98. The summed E-state index contributed by atoms with van der Waals surface area (Å²) in [5.41, 5.74) is 1.65. The quantitative estimate of drug-likeness (QED) is 0.587. The van der Waals surface area contributed by atoms with Gasteiger partial charge in [-0.3, -0.25) is 0 Å². The Bertz CT molecular complexity index is 923. The first-order valence-corrected chi connectivity index (χ1v) is 8.81. The number of halogens is 1. The van der Waals surface area contributed by atoms with E-state index < -0.39 is 0 Å². The summed E-state index contributed by atoms with van der Waals surface area (Å²) in [4.78, 5) is 4.37. The van der Waals surface area contributed by atoms with Gasteiger partial charge >= 0.3 is 0 Å². The van der Waals surface area contributed by atoms with Gasteiger partial charge in [-0.25, -0.2) is 4.39 Å². The molecule has 1 aromatic heterocycles. The summed E-state index contributed by atoms with van der Waals surface area (Å²) in [5, 5.41) is 14.2. The van der Waals surface area contributed by atoms with E-state index in [1.54, 1.807) is 32.5 Å². The Hall–Kier alpha value is -3.42. The van der Waals surface area contributed by atoms with Gasteiger partial charge in [0, 0.05) is 13.1 Å². The fraction of sp³-hybridized carbons (Fsp3) is 0.250. The number of hydrogen-bond donors (Lipinski definition) is 2. The van der Waals surface area contributed by atoms with Crippen molar-refractivity contribution in [3.05, 3.63) is 65.6 Å². The molecule has 1 heterocycles. The molecule has 3 rings (SSSR count). The van der Waals surface area contributed by atoms with Crippen molar-refractivity contribution in [1.29, 1.82) is 0 Å². The molecule has 8 heteroatoms. The molecule has 0 spiro atoms. The Balaban J connectivity index is 1.55. The summed E-state index contributed by atoms with van der Waals surface area (Å²) >= 11 is 0. The van der Waals surface area contributed by atoms with Crippen LogP contribution in [0.3, 0.4) is 0 Å². The first kappa shape index (κ1) is 19.3. The van der Waals surface area contributed by atoms with Crippen LogP contribution in [0.1, 0.15) is 11.1 Å². The van der Waals surface area contributed by atoms with Crippen LogP contribution in [0.5, 0.6) is 11.5 Å². The molecule has 2 aromatic carbocycles. The van der Waals surface area contributed by atoms with Gasteiger partial charge in [-0.2, -0.15) is 10.1 Å². The summed E-state index contributed by atoms with van der Waals surface area (Å²) in [6, 6.07) is 12.4. The number of methoxy groups -OCH3 is 2. The van der Waals surface area contributed by atoms with Crippen molar-refractivity contribution >= 4 is 11.8 Å². The van der Waals surface area contributed by atoms with E-state index >= 15 is 0 Å². The van der Waals surface area contributed by atoms with E-state index in [1.807, 2.05) is 24.3 Å². The average Bonchev–Trinajstić information content (AvgIpc) is 2.73. The van der Waals surface area contributed by atoms with Crippen LogP contribution in [0.4, 0.5) is 16.2 Å². The largest absolute Gasteiger partial charge is 0.493 e. The number of hydrogen-bond acceptors (Lipinski definition) is 7. The van der Waals surface area contributed by atoms with Gasteiger partial charge in [-0.05, 0) is 35.7 Å². The maximum atomic E-state index is 13.6. The molecule has 0 amide bonds. The van der Waals surface area contributed by atoms with Gasteiger partial charge in [0.25, 0.3) is 0 Å². The summed E-state index contributed by atoms with van der Waals surface area (Å²) in [6.07, 6.45) is 2.07. The van der Waals surface area contributed by atoms with Gasteiger partial charge in [0.2, 0.25) is 5.95 Å². The maximum Gasteiger partial charge on any atom is 0.244 e. The van der Waals surface area contributed by atoms with Gasteiger partial charge in [0.15, 0.2) is 17.3 Å². The Labute approximate surface area is 162 Å². The van der Waals surface area contributed by atoms with Crippen molar-refractivity contribution in [2.45, 2.75) is 13.0 Å². The molecule has 7 nitrogen and oxygen atoms in total. The van der Waals surface area contributed by atoms with E-state index in [9.17, 15) is 4.39 Å². The van der Waals surface area contributed by atoms with E-state index in [0.717, 1.165) is 5.56 Å². The monoisotopic (exact) mass is 383 g/mol. The first-order valence-electron chi connectivity index (χ1n) is 8.81. The molecule has 0 atom stereocenters. The molecule has 0 fully saturated rings. The fourth-order valence-electron chi connectivity index (χ4n) is 2.66. The number of anilines is 2. The predicted octanol–water partition coefficient (Wildman–Crippen LogP) is 3.29. The molecule has 0 aliphatic heterocycles. The molecule has 0 aliphatic carbocycles. The zero-order chi connectivity index (χ0) is 19.8. The Morgan fingerprint density at radius 2 is 1.82 bits per heavy atom. The van der Waals surface area contributed by atoms with Gasteiger partial charge < -0.3 is 20.1 Å². The molecule has 0 bridgehead atoms. The smallest absolute Gasteiger partial charge is 0.244 e. The average molecular weight is 383 g/mol. The lowest BCUT2D eigenvalue weighted by molar-refractivity contribution is 0.354. The van der Waals surface area contributed by atoms with E-state index in [4.69, 9.17) is 9.47 Å². The summed E-state index contributed by atoms with van der Waals surface area (Å²) in [6.45, 7) is 1.04. The second kappa shape index (κ2) is 9.50. The van der Waals surface area contributed by atoms with Crippen LogP contribution in [0.25, 0.3) is 0 Å². The third kappa shape index (κ3) is 5.06. The number of nitrogens with zero attached hydrogens (tertiary/aromatic N) is 3. The highest BCUT2D eigenvalue weighted by Crippen LogP contribution is 2.27. The van der Waals surface area contributed by atoms with Crippen molar-refractivity contribution in [1.82, 2.24) is 15.2 Å². The Kier molecular flexibility index (Phi) is 6.56. The molecule has 0 radical (unpaired) electrons. The summed E-state index contributed by atoms with van der Waals surface area (Å²) < 4.78 is 24.2. The van der Waals surface area contributed by atoms with Crippen molar-refractivity contribution < 1.29 is 13.9 Å². The Morgan fingerprint density at radius 1 is 1.00 bits per heavy atom. The molecule has 3 aromatic rings. The van der Waals surface area contributed by atoms with Crippen molar-refractivity contribution in [2.24, 2.45) is 0 Å². The number of benzene rings is 2. The van der Waals surface area contributed by atoms with Crippen molar-refractivity contribution in [3.63, 3.8) is 0 Å². The number of aromatic nitrogens is 3. The van der Waals surface area contributed by atoms with Gasteiger partial charge in [-0.1, -0.05) is 24.3 Å². The third-order valence-electron chi connectivity index (χ3n) is 4.12. The first-order chi connectivity index (χ1) is 13.7. The minimum Gasteiger partial charge on any atom is -0.493 e. The lowest BCUT2D eigenvalue weighted by Crippen LogP contribution is -2.11. The van der Waals surface area contributed by atoms with Gasteiger partial charge in [-0.15, -0.1) is 5.10 Å². The normalized spacial score (nSPS) is 10.4. The zero-order valence-corrected chi connectivity index (χ0v) is 15.8. The lowest BCUT2D eigenvalue weighted by atomic mass is 10.1. The molecule has 146 valence electrons. The topological polar surface area (TPSA) is 81.2 Å². The highest BCUT2D eigenvalue weighted by atomic mass is 19.1. The molecular weight excluding hydrogens is 361 g/mol. The maximum absolute atomic E-state index is 13.6. The molecule has 0 saturated heterocycles. The molecule has 2 N–H and O–H groups in total. The second-order valence-electron chi connectivity index (χ2n) is 5.98. The fourth-order valence-corrected chi connectivity index (χ4v) is 2.66. The molecular formula is C20H22FN5O2. The lowest BCUT2D eigenvalue weighted by Gasteiger charge is -2.11. The van der Waals surface area contributed by atoms with E-state index in [1.165, 1.54) is 6.07 Å². The van der Waals surface area contributed by atoms with Crippen LogP contribution < -0.4 is 20.1 Å². The van der Waals surface area contributed by atoms with Crippen molar-refractivity contribution in [2.75, 3.05) is 31.4 Å². The highest BCUT2D eigenvalue weighted by molar-refractivity contribution is 5.44. The van der Waals surface area contributed by atoms with Crippen LogP contribution in [0, 0.1) is 5.82 Å². The van der Waals surface area contributed by atoms with Crippen molar-refractivity contribution in [3.8, 4) is 11.5 Å². The van der Waals surface area contributed by atoms with Crippen LogP contribution >= 0.6 is 0 Å². The minimum absolute atomic E-state index is 0.214. The van der Waals surface area contributed by atoms with Crippen LogP contribution in [-0.2, 0) is 13.0 Å². The van der Waals surface area contributed by atoms with Gasteiger partial charge in [0.1, 0.15) is 5.82 Å². The van der Waals surface area contributed by atoms with Crippen LogP contribution in [-0.4, -0.2) is 35.9 Å². The zero-order valence-electron chi connectivity index (χ0n) is 15.8. The predicted molar refractivity (Wildman–Crippen MR) is 105 cm³/mol. The number of rotatable bonds is 9. The summed E-state index contributed by atoms with van der Waals surface area (Å²) in [7, 11) is 3.20. The van der Waals surface area contributed by atoms with E-state index in [0.29, 0.717) is 48.3 Å². The van der Waals surface area contributed by atoms with Crippen LogP contribution in [0.2, 0.25) is 0 Å². The SMILES string of the molecule is COc1ccc(CNc2cnnc(NCCc3ccccc3F)n2)cc1OC. The standard InChI is InChI=1S/C20H22FN5O2/c1-27-17-8-7-14(11-18(17)28-2)12-23-19-13-24-26-20(25-19)22-10-9-15-5-3-4-6-16(15)21/h3-8,11,13H,9-10,12H2,1-2H3,(H2,22,23,25,26). The molecule has 0 aliphatic rings. The van der Waals surface area contributed by atoms with E-state index in [2.05, 4.69) is 25.8 Å². The number of nitrogens with one attached hydrogen (secondary N) is 2. The molecule has 28 heavy (non-hydrogen) atoms. The van der Waals surface area contributed by atoms with Crippen LogP contribution in [0.15, 0.2) is 48.7 Å². The molecule has 0 saturated carbocycles. The highest BCUT2D eigenvalue weighted by Gasteiger charge is 2.06. The van der Waals surface area contributed by atoms with E-state index in [-0.39, 0.29) is 5.82 Å². The van der Waals surface area contributed by atoms with Gasteiger partial charge in [0.05, 0.1) is 20.4 Å². The third-order valence-corrected chi connectivity index (χ3v) is 4.12. The molecule has 0 unspecified atom stereocenters. The Morgan fingerprint density at radius 3 is 2.61 bits per heavy atom. The summed E-state index contributed by atoms with van der Waals surface area (Å²) in [5.74, 6) is 2.09. The minimum atomic E-state index is -0.214.